The van der Waals surface area contributed by atoms with Crippen molar-refractivity contribution in [3.8, 4) is 17.3 Å². The van der Waals surface area contributed by atoms with E-state index in [1.807, 2.05) is 13.0 Å². The summed E-state index contributed by atoms with van der Waals surface area (Å²) in [6.45, 7) is 1.94. The molecule has 84 valence electrons. The lowest BCUT2D eigenvalue weighted by Crippen LogP contribution is -1.94. The van der Waals surface area contributed by atoms with Crippen LogP contribution in [0, 0.1) is 18.3 Å². The average Bonchev–Trinajstić information content (AvgIpc) is 2.33. The molecular formula is C13H10ClN3. The second-order valence-corrected chi connectivity index (χ2v) is 4.12. The fraction of sp³-hybridized carbons (Fsp3) is 0.0769. The number of aromatic nitrogens is 1. The Morgan fingerprint density at radius 3 is 2.76 bits per heavy atom. The number of hydrogen-bond acceptors (Lipinski definition) is 3. The Labute approximate surface area is 104 Å². The summed E-state index contributed by atoms with van der Waals surface area (Å²) in [5.41, 5.74) is 8.68. The minimum Gasteiger partial charge on any atom is -0.384 e. The van der Waals surface area contributed by atoms with Crippen molar-refractivity contribution in [2.24, 2.45) is 0 Å². The fourth-order valence-electron chi connectivity index (χ4n) is 1.59. The number of nitrogens with two attached hydrogens (primary N) is 1. The van der Waals surface area contributed by atoms with Gasteiger partial charge in [0.05, 0.1) is 22.3 Å². The Hall–Kier alpha value is -2.05. The van der Waals surface area contributed by atoms with Crippen molar-refractivity contribution in [2.75, 3.05) is 5.73 Å². The number of hydrogen-bond donors (Lipinski definition) is 1. The molecule has 1 aromatic carbocycles. The van der Waals surface area contributed by atoms with Gasteiger partial charge in [0.15, 0.2) is 0 Å². The van der Waals surface area contributed by atoms with Gasteiger partial charge in [-0.2, -0.15) is 5.26 Å². The van der Waals surface area contributed by atoms with E-state index in [1.54, 1.807) is 24.3 Å². The lowest BCUT2D eigenvalue weighted by atomic mass is 10.0. The first-order valence-corrected chi connectivity index (χ1v) is 5.43. The van der Waals surface area contributed by atoms with Crippen LogP contribution in [0.3, 0.4) is 0 Å². The minimum absolute atomic E-state index is 0.408. The van der Waals surface area contributed by atoms with Gasteiger partial charge in [0.2, 0.25) is 0 Å². The maximum atomic E-state index is 8.90. The first-order chi connectivity index (χ1) is 8.11. The predicted molar refractivity (Wildman–Crippen MR) is 68.5 cm³/mol. The van der Waals surface area contributed by atoms with E-state index >= 15 is 0 Å². The van der Waals surface area contributed by atoms with Crippen molar-refractivity contribution >= 4 is 17.4 Å². The van der Waals surface area contributed by atoms with Crippen LogP contribution in [0.15, 0.2) is 30.3 Å². The summed E-state index contributed by atoms with van der Waals surface area (Å²) < 4.78 is 0. The molecule has 0 spiro atoms. The van der Waals surface area contributed by atoms with Gasteiger partial charge in [0.25, 0.3) is 0 Å². The van der Waals surface area contributed by atoms with E-state index in [9.17, 15) is 0 Å². The number of nitrogens with zero attached hydrogens (tertiary/aromatic N) is 2. The van der Waals surface area contributed by atoms with Crippen molar-refractivity contribution in [1.82, 2.24) is 4.98 Å². The van der Waals surface area contributed by atoms with Gasteiger partial charge in [-0.05, 0) is 36.8 Å². The second-order valence-electron chi connectivity index (χ2n) is 3.71. The van der Waals surface area contributed by atoms with E-state index in [1.165, 1.54) is 0 Å². The number of benzene rings is 1. The molecule has 0 saturated heterocycles. The molecule has 1 aromatic heterocycles. The van der Waals surface area contributed by atoms with E-state index in [0.717, 1.165) is 11.1 Å². The van der Waals surface area contributed by atoms with Gasteiger partial charge in [-0.15, -0.1) is 0 Å². The Bertz CT molecular complexity index is 615. The molecule has 17 heavy (non-hydrogen) atoms. The number of aryl methyl sites for hydroxylation is 1. The summed E-state index contributed by atoms with van der Waals surface area (Å²) >= 11 is 6.10. The lowest BCUT2D eigenvalue weighted by Gasteiger charge is -2.08. The Morgan fingerprint density at radius 2 is 2.06 bits per heavy atom. The number of halogens is 1. The van der Waals surface area contributed by atoms with Gasteiger partial charge in [-0.1, -0.05) is 17.7 Å². The van der Waals surface area contributed by atoms with Crippen molar-refractivity contribution < 1.29 is 0 Å². The highest BCUT2D eigenvalue weighted by Gasteiger charge is 2.09. The van der Waals surface area contributed by atoms with Crippen molar-refractivity contribution in [3.63, 3.8) is 0 Å². The first kappa shape index (κ1) is 11.4. The Balaban J connectivity index is 2.68. The molecule has 0 aliphatic rings. The van der Waals surface area contributed by atoms with Crippen LogP contribution in [-0.2, 0) is 0 Å². The van der Waals surface area contributed by atoms with E-state index in [0.29, 0.717) is 22.1 Å². The van der Waals surface area contributed by atoms with Gasteiger partial charge in [0, 0.05) is 5.56 Å². The maximum Gasteiger partial charge on any atom is 0.124 e. The summed E-state index contributed by atoms with van der Waals surface area (Å²) in [4.78, 5) is 4.22. The molecule has 0 saturated carbocycles. The third-order valence-electron chi connectivity index (χ3n) is 2.49. The third kappa shape index (κ3) is 2.22. The average molecular weight is 244 g/mol. The molecule has 0 atom stereocenters. The molecular weight excluding hydrogens is 234 g/mol. The van der Waals surface area contributed by atoms with E-state index in [4.69, 9.17) is 22.6 Å². The SMILES string of the molecule is Cc1ccc(C#N)cc1-c1nc(N)ccc1Cl. The number of nitrogen functional groups attached to an aromatic ring is 1. The Kier molecular flexibility index (Phi) is 2.99. The van der Waals surface area contributed by atoms with Crippen molar-refractivity contribution in [3.05, 3.63) is 46.5 Å². The number of pyridine rings is 1. The number of rotatable bonds is 1. The number of anilines is 1. The summed E-state index contributed by atoms with van der Waals surface area (Å²) in [7, 11) is 0. The molecule has 0 fully saturated rings. The van der Waals surface area contributed by atoms with Crippen LogP contribution in [0.5, 0.6) is 0 Å². The fourth-order valence-corrected chi connectivity index (χ4v) is 1.80. The molecule has 0 unspecified atom stereocenters. The normalized spacial score (nSPS) is 9.94. The zero-order valence-electron chi connectivity index (χ0n) is 9.24. The highest BCUT2D eigenvalue weighted by atomic mass is 35.5. The molecule has 2 rings (SSSR count). The molecule has 0 aliphatic carbocycles. The molecule has 1 heterocycles. The maximum absolute atomic E-state index is 8.90. The van der Waals surface area contributed by atoms with Gasteiger partial charge in [0.1, 0.15) is 5.82 Å². The van der Waals surface area contributed by atoms with Crippen LogP contribution in [-0.4, -0.2) is 4.98 Å². The smallest absolute Gasteiger partial charge is 0.124 e. The predicted octanol–water partition coefficient (Wildman–Crippen LogP) is 3.16. The first-order valence-electron chi connectivity index (χ1n) is 5.05. The quantitative estimate of drug-likeness (QED) is 0.837. The van der Waals surface area contributed by atoms with E-state index in [-0.39, 0.29) is 0 Å². The van der Waals surface area contributed by atoms with Crippen LogP contribution < -0.4 is 5.73 Å². The van der Waals surface area contributed by atoms with Crippen LogP contribution in [0.25, 0.3) is 11.3 Å². The summed E-state index contributed by atoms with van der Waals surface area (Å²) in [6.07, 6.45) is 0. The summed E-state index contributed by atoms with van der Waals surface area (Å²) in [5.74, 6) is 0.408. The largest absolute Gasteiger partial charge is 0.384 e. The molecule has 0 bridgehead atoms. The highest BCUT2D eigenvalue weighted by molar-refractivity contribution is 6.33. The zero-order valence-corrected chi connectivity index (χ0v) is 9.99. The van der Waals surface area contributed by atoms with Crippen LogP contribution in [0.2, 0.25) is 5.02 Å². The van der Waals surface area contributed by atoms with Gasteiger partial charge in [-0.25, -0.2) is 4.98 Å². The summed E-state index contributed by atoms with van der Waals surface area (Å²) in [5, 5.41) is 9.42. The van der Waals surface area contributed by atoms with Crippen molar-refractivity contribution in [1.29, 1.82) is 5.26 Å². The lowest BCUT2D eigenvalue weighted by molar-refractivity contribution is 1.31. The molecule has 3 nitrogen and oxygen atoms in total. The molecule has 0 amide bonds. The van der Waals surface area contributed by atoms with Crippen LogP contribution >= 0.6 is 11.6 Å². The van der Waals surface area contributed by atoms with Crippen molar-refractivity contribution in [2.45, 2.75) is 6.92 Å². The second kappa shape index (κ2) is 4.44. The minimum atomic E-state index is 0.408. The van der Waals surface area contributed by atoms with E-state index in [2.05, 4.69) is 11.1 Å². The highest BCUT2D eigenvalue weighted by Crippen LogP contribution is 2.29. The topological polar surface area (TPSA) is 62.7 Å². The number of nitriles is 1. The third-order valence-corrected chi connectivity index (χ3v) is 2.79. The van der Waals surface area contributed by atoms with Gasteiger partial charge in [-0.3, -0.25) is 0 Å². The van der Waals surface area contributed by atoms with E-state index < -0.39 is 0 Å². The van der Waals surface area contributed by atoms with Crippen LogP contribution in [0.4, 0.5) is 5.82 Å². The zero-order chi connectivity index (χ0) is 12.4. The molecule has 2 aromatic rings. The monoisotopic (exact) mass is 243 g/mol. The molecule has 4 heteroatoms. The van der Waals surface area contributed by atoms with Gasteiger partial charge >= 0.3 is 0 Å². The molecule has 0 radical (unpaired) electrons. The standard InChI is InChI=1S/C13H10ClN3/c1-8-2-3-9(7-15)6-10(8)13-11(14)4-5-12(16)17-13/h2-6H,1H3,(H2,16,17). The Morgan fingerprint density at radius 1 is 1.29 bits per heavy atom. The van der Waals surface area contributed by atoms with Gasteiger partial charge < -0.3 is 5.73 Å². The summed E-state index contributed by atoms with van der Waals surface area (Å²) in [6, 6.07) is 10.9. The van der Waals surface area contributed by atoms with Crippen LogP contribution in [0.1, 0.15) is 11.1 Å². The molecule has 0 aliphatic heterocycles. The molecule has 2 N–H and O–H groups in total.